The summed E-state index contributed by atoms with van der Waals surface area (Å²) in [4.78, 5) is 17.7. The van der Waals surface area contributed by atoms with E-state index in [0.29, 0.717) is 47.1 Å². The number of nitrogens with one attached hydrogen (secondary N) is 1. The summed E-state index contributed by atoms with van der Waals surface area (Å²) in [7, 11) is 0. The van der Waals surface area contributed by atoms with Gasteiger partial charge in [0.15, 0.2) is 11.5 Å². The Bertz CT molecular complexity index is 1260. The second-order valence-electron chi connectivity index (χ2n) is 7.96. The summed E-state index contributed by atoms with van der Waals surface area (Å²) in [6, 6.07) is 15.1. The van der Waals surface area contributed by atoms with Gasteiger partial charge in [-0.05, 0) is 42.9 Å². The van der Waals surface area contributed by atoms with Crippen LogP contribution in [0.4, 0.5) is 5.95 Å². The predicted molar refractivity (Wildman–Crippen MR) is 140 cm³/mol. The summed E-state index contributed by atoms with van der Waals surface area (Å²) < 4.78 is 19.2. The highest BCUT2D eigenvalue weighted by Gasteiger charge is 2.35. The number of thioether (sulfide) groups is 1. The summed E-state index contributed by atoms with van der Waals surface area (Å²) >= 11 is 1.53. The van der Waals surface area contributed by atoms with Crippen LogP contribution in [0.2, 0.25) is 0 Å². The zero-order valence-electron chi connectivity index (χ0n) is 20.7. The first-order valence-electron chi connectivity index (χ1n) is 11.8. The Morgan fingerprint density at radius 2 is 1.97 bits per heavy atom. The fourth-order valence-corrected chi connectivity index (χ4v) is 4.48. The van der Waals surface area contributed by atoms with Crippen LogP contribution in [0.1, 0.15) is 37.9 Å². The fourth-order valence-electron chi connectivity index (χ4n) is 3.92. The van der Waals surface area contributed by atoms with E-state index in [9.17, 15) is 4.79 Å². The standard InChI is InChI=1S/C27H30N4O4S/c1-5-15-34-25(32)23-18(4)28-26-29-27(36-7-3)30-31(26)24(23)20-13-14-21(22(16-20)33-6-2)35-17-19-11-9-8-10-12-19/h5,8-14,16,24H,1,6-7,15,17H2,2-4H3,(H,28,29,30). The minimum absolute atomic E-state index is 0.111. The third kappa shape index (κ3) is 5.57. The van der Waals surface area contributed by atoms with Crippen molar-refractivity contribution in [1.82, 2.24) is 14.8 Å². The Morgan fingerprint density at radius 3 is 2.69 bits per heavy atom. The van der Waals surface area contributed by atoms with Crippen LogP contribution < -0.4 is 14.8 Å². The van der Waals surface area contributed by atoms with Crippen molar-refractivity contribution in [2.75, 3.05) is 24.3 Å². The lowest BCUT2D eigenvalue weighted by Gasteiger charge is -2.28. The predicted octanol–water partition coefficient (Wildman–Crippen LogP) is 5.39. The van der Waals surface area contributed by atoms with Gasteiger partial charge in [-0.25, -0.2) is 9.48 Å². The SMILES string of the molecule is C=CCOC(=O)C1=C(C)Nc2nc(SCC)nn2C1c1ccc(OCc2ccccc2)c(OCC)c1. The summed E-state index contributed by atoms with van der Waals surface area (Å²) in [5, 5.41) is 8.53. The second-order valence-corrected chi connectivity index (χ2v) is 9.19. The van der Waals surface area contributed by atoms with E-state index in [1.807, 2.05) is 69.3 Å². The van der Waals surface area contributed by atoms with Gasteiger partial charge in [0.05, 0.1) is 12.2 Å². The van der Waals surface area contributed by atoms with Gasteiger partial charge in [0.1, 0.15) is 19.3 Å². The highest BCUT2D eigenvalue weighted by molar-refractivity contribution is 7.99. The Kier molecular flexibility index (Phi) is 8.32. The van der Waals surface area contributed by atoms with Crippen molar-refractivity contribution in [3.8, 4) is 11.5 Å². The van der Waals surface area contributed by atoms with E-state index in [1.165, 1.54) is 11.8 Å². The molecule has 8 nitrogen and oxygen atoms in total. The van der Waals surface area contributed by atoms with Gasteiger partial charge >= 0.3 is 5.97 Å². The van der Waals surface area contributed by atoms with Crippen LogP contribution in [-0.4, -0.2) is 39.7 Å². The van der Waals surface area contributed by atoms with E-state index in [2.05, 4.69) is 16.9 Å². The zero-order chi connectivity index (χ0) is 25.5. The molecule has 1 N–H and O–H groups in total. The Morgan fingerprint density at radius 1 is 1.17 bits per heavy atom. The molecule has 0 aliphatic carbocycles. The summed E-state index contributed by atoms with van der Waals surface area (Å²) in [6.45, 7) is 10.4. The van der Waals surface area contributed by atoms with Crippen LogP contribution in [0.5, 0.6) is 11.5 Å². The van der Waals surface area contributed by atoms with Crippen LogP contribution in [0, 0.1) is 0 Å². The Labute approximate surface area is 215 Å². The molecule has 0 spiro atoms. The molecular weight excluding hydrogens is 476 g/mol. The van der Waals surface area contributed by atoms with Gasteiger partial charge in [-0.1, -0.05) is 67.7 Å². The van der Waals surface area contributed by atoms with E-state index in [4.69, 9.17) is 19.3 Å². The fraction of sp³-hybridized carbons (Fsp3) is 0.296. The quantitative estimate of drug-likeness (QED) is 0.211. The molecule has 36 heavy (non-hydrogen) atoms. The molecule has 188 valence electrons. The molecule has 1 aliphatic heterocycles. The lowest BCUT2D eigenvalue weighted by molar-refractivity contribution is -0.138. The van der Waals surface area contributed by atoms with Crippen molar-refractivity contribution in [2.45, 2.75) is 38.6 Å². The monoisotopic (exact) mass is 506 g/mol. The maximum Gasteiger partial charge on any atom is 0.338 e. The molecule has 0 bridgehead atoms. The van der Waals surface area contributed by atoms with E-state index in [0.717, 1.165) is 16.9 Å². The van der Waals surface area contributed by atoms with Crippen molar-refractivity contribution in [2.24, 2.45) is 0 Å². The molecule has 3 aromatic rings. The number of carbonyl (C=O) groups is 1. The molecule has 1 unspecified atom stereocenters. The molecule has 0 fully saturated rings. The van der Waals surface area contributed by atoms with Gasteiger partial charge in [-0.15, -0.1) is 5.10 Å². The van der Waals surface area contributed by atoms with Crippen LogP contribution in [0.3, 0.4) is 0 Å². The molecule has 2 aromatic carbocycles. The first-order valence-corrected chi connectivity index (χ1v) is 12.8. The molecule has 0 saturated heterocycles. The molecule has 9 heteroatoms. The van der Waals surface area contributed by atoms with E-state index in [1.54, 1.807) is 10.8 Å². The van der Waals surface area contributed by atoms with Gasteiger partial charge < -0.3 is 19.5 Å². The van der Waals surface area contributed by atoms with Crippen LogP contribution in [0.25, 0.3) is 0 Å². The number of nitrogens with zero attached hydrogens (tertiary/aromatic N) is 3. The smallest absolute Gasteiger partial charge is 0.338 e. The molecule has 4 rings (SSSR count). The number of ether oxygens (including phenoxy) is 3. The van der Waals surface area contributed by atoms with Crippen molar-refractivity contribution in [3.63, 3.8) is 0 Å². The van der Waals surface area contributed by atoms with Crippen molar-refractivity contribution in [1.29, 1.82) is 0 Å². The summed E-state index contributed by atoms with van der Waals surface area (Å²) in [6.07, 6.45) is 1.54. The third-order valence-corrected chi connectivity index (χ3v) is 6.20. The van der Waals surface area contributed by atoms with Crippen molar-refractivity contribution in [3.05, 3.63) is 83.6 Å². The first-order chi connectivity index (χ1) is 17.5. The molecule has 0 amide bonds. The van der Waals surface area contributed by atoms with Crippen LogP contribution in [-0.2, 0) is 16.1 Å². The minimum Gasteiger partial charge on any atom is -0.490 e. The summed E-state index contributed by atoms with van der Waals surface area (Å²) in [5.41, 5.74) is 2.96. The molecule has 1 aliphatic rings. The highest BCUT2D eigenvalue weighted by atomic mass is 32.2. The number of benzene rings is 2. The number of allylic oxidation sites excluding steroid dienone is 1. The van der Waals surface area contributed by atoms with Gasteiger partial charge in [-0.2, -0.15) is 4.98 Å². The molecule has 0 saturated carbocycles. The van der Waals surface area contributed by atoms with E-state index >= 15 is 0 Å². The van der Waals surface area contributed by atoms with E-state index < -0.39 is 12.0 Å². The largest absolute Gasteiger partial charge is 0.490 e. The minimum atomic E-state index is -0.556. The normalized spacial score (nSPS) is 14.6. The maximum absolute atomic E-state index is 13.1. The number of rotatable bonds is 11. The lowest BCUT2D eigenvalue weighted by atomic mass is 9.95. The molecule has 0 radical (unpaired) electrons. The van der Waals surface area contributed by atoms with Gasteiger partial charge in [0.2, 0.25) is 11.1 Å². The van der Waals surface area contributed by atoms with Gasteiger partial charge in [0.25, 0.3) is 0 Å². The van der Waals surface area contributed by atoms with Crippen molar-refractivity contribution < 1.29 is 19.0 Å². The number of hydrogen-bond donors (Lipinski definition) is 1. The van der Waals surface area contributed by atoms with Gasteiger partial charge in [0, 0.05) is 5.70 Å². The molecule has 2 heterocycles. The van der Waals surface area contributed by atoms with Gasteiger partial charge in [-0.3, -0.25) is 0 Å². The molecular formula is C27H30N4O4S. The Hall–Kier alpha value is -3.72. The zero-order valence-corrected chi connectivity index (χ0v) is 21.5. The summed E-state index contributed by atoms with van der Waals surface area (Å²) in [5.74, 6) is 2.16. The second kappa shape index (κ2) is 11.8. The highest BCUT2D eigenvalue weighted by Crippen LogP contribution is 2.40. The number of fused-ring (bicyclic) bond motifs is 1. The topological polar surface area (TPSA) is 87.5 Å². The average molecular weight is 507 g/mol. The van der Waals surface area contributed by atoms with E-state index in [-0.39, 0.29) is 6.61 Å². The average Bonchev–Trinajstić information content (AvgIpc) is 3.28. The van der Waals surface area contributed by atoms with Crippen LogP contribution in [0.15, 0.2) is 77.6 Å². The third-order valence-electron chi connectivity index (χ3n) is 5.48. The lowest BCUT2D eigenvalue weighted by Crippen LogP contribution is -2.29. The number of esters is 1. The molecule has 1 aromatic heterocycles. The maximum atomic E-state index is 13.1. The number of hydrogen-bond acceptors (Lipinski definition) is 8. The van der Waals surface area contributed by atoms with Crippen molar-refractivity contribution >= 4 is 23.7 Å². The number of aromatic nitrogens is 3. The van der Waals surface area contributed by atoms with Crippen LogP contribution >= 0.6 is 11.8 Å². The molecule has 1 atom stereocenters. The number of anilines is 1. The first kappa shape index (κ1) is 25.4. The number of carbonyl (C=O) groups excluding carboxylic acids is 1. The Balaban J connectivity index is 1.74.